The molecule has 4 amide bonds. The largest absolute Gasteiger partial charge is 0.322 e. The standard InChI is InChI=1S/C72H72N12O4/c1-81-37-29-45(30-38-81)69(85)77-53-17-9-5-13-49(53)65-57-21-23-59(73-57)66(50-14-6-10-18-54(50)78-70(86)46-31-39-82(2)40-32-46)61-25-27-63(75-61)68(52-16-8-12-20-56(52)80-72(88)48-35-43-84(4)44-36-48)64-28-26-62(76-64)67(60-24-22-58(65)74-60)51-15-7-11-19-55(51)79-71(87)47-33-41-83(3)42-34-47/h5-21,23,26,28-44,57-68,73-76H,22,24-25,27H2,1-4H3/p+4. The first-order valence-corrected chi connectivity index (χ1v) is 30.7. The molecule has 88 heavy (non-hydrogen) atoms. The van der Waals surface area contributed by atoms with Crippen molar-refractivity contribution in [1.29, 1.82) is 0 Å². The first-order valence-electron chi connectivity index (χ1n) is 30.7. The molecule has 4 aromatic carbocycles. The van der Waals surface area contributed by atoms with Gasteiger partial charge < -0.3 is 42.5 Å². The molecule has 16 nitrogen and oxygen atoms in total. The lowest BCUT2D eigenvalue weighted by atomic mass is 9.82. The molecular formula is C72H76N12O4+4. The summed E-state index contributed by atoms with van der Waals surface area (Å²) in [6.07, 6.45) is 27.6. The lowest BCUT2D eigenvalue weighted by molar-refractivity contribution is -0.671. The predicted octanol–water partition coefficient (Wildman–Crippen LogP) is 7.48. The van der Waals surface area contributed by atoms with Gasteiger partial charge in [-0.05, 0) is 72.2 Å². The van der Waals surface area contributed by atoms with Crippen molar-refractivity contribution in [2.24, 2.45) is 28.2 Å². The SMILES string of the molecule is C[n+]1ccc(C(=O)Nc2ccccc2C2C3C=CC(N3)C(c3ccccc3NC(=O)c3cc[n+](C)cc3)C3CCC(N3)C(c3ccccc3NC(=O)c3cc[n+](C)cc3)C3C=CC(N3)C(c3ccccc3NC(=O)c3cc[n+](C)cc3)C3CCC2N3)cc1. The molecular weight excluding hydrogens is 1100 g/mol. The number of fused-ring (bicyclic) bond motifs is 8. The van der Waals surface area contributed by atoms with Gasteiger partial charge in [0.2, 0.25) is 0 Å². The van der Waals surface area contributed by atoms with E-state index in [-0.39, 0.29) is 95.6 Å². The van der Waals surface area contributed by atoms with Crippen LogP contribution < -0.4 is 60.8 Å². The zero-order chi connectivity index (χ0) is 60.4. The molecule has 12 unspecified atom stereocenters. The summed E-state index contributed by atoms with van der Waals surface area (Å²) >= 11 is 0. The molecule has 8 N–H and O–H groups in total. The Kier molecular flexibility index (Phi) is 16.5. The number of amides is 4. The van der Waals surface area contributed by atoms with Crippen molar-refractivity contribution in [2.45, 2.75) is 97.7 Å². The van der Waals surface area contributed by atoms with Crippen LogP contribution >= 0.6 is 0 Å². The van der Waals surface area contributed by atoms with Crippen LogP contribution in [0, 0.1) is 0 Å². The number of aryl methyl sites for hydroxylation is 4. The summed E-state index contributed by atoms with van der Waals surface area (Å²) in [5, 5.41) is 30.5. The zero-order valence-corrected chi connectivity index (χ0v) is 50.0. The number of carbonyl (C=O) groups is 4. The molecule has 9 heterocycles. The summed E-state index contributed by atoms with van der Waals surface area (Å²) in [6.45, 7) is 0. The van der Waals surface area contributed by atoms with Crippen molar-refractivity contribution in [3.63, 3.8) is 0 Å². The third-order valence-electron chi connectivity index (χ3n) is 18.8. The molecule has 444 valence electrons. The van der Waals surface area contributed by atoms with Crippen molar-refractivity contribution in [3.05, 3.63) is 264 Å². The van der Waals surface area contributed by atoms with E-state index < -0.39 is 0 Å². The number of nitrogens with one attached hydrogen (secondary N) is 8. The van der Waals surface area contributed by atoms with Crippen LogP contribution in [-0.4, -0.2) is 72.0 Å². The summed E-state index contributed by atoms with van der Waals surface area (Å²) < 4.78 is 7.65. The second-order valence-electron chi connectivity index (χ2n) is 24.4. The molecule has 3 fully saturated rings. The second kappa shape index (κ2) is 25.2. The molecule has 8 bridgehead atoms. The quantitative estimate of drug-likeness (QED) is 0.0459. The van der Waals surface area contributed by atoms with Crippen molar-refractivity contribution >= 4 is 46.4 Å². The van der Waals surface area contributed by atoms with Crippen LogP contribution in [0.4, 0.5) is 22.7 Å². The van der Waals surface area contributed by atoms with E-state index in [1.54, 1.807) is 0 Å². The predicted molar refractivity (Wildman–Crippen MR) is 339 cm³/mol. The van der Waals surface area contributed by atoms with E-state index in [0.717, 1.165) is 70.7 Å². The van der Waals surface area contributed by atoms with Crippen molar-refractivity contribution in [3.8, 4) is 0 Å². The Bertz CT molecular complexity index is 3440. The van der Waals surface area contributed by atoms with Gasteiger partial charge >= 0.3 is 0 Å². The average molecular weight is 1170 g/mol. The zero-order valence-electron chi connectivity index (χ0n) is 50.0. The van der Waals surface area contributed by atoms with Crippen molar-refractivity contribution < 1.29 is 37.4 Å². The van der Waals surface area contributed by atoms with Crippen LogP contribution in [-0.2, 0) is 28.2 Å². The highest BCUT2D eigenvalue weighted by atomic mass is 16.2. The smallest absolute Gasteiger partial charge is 0.256 e. The van der Waals surface area contributed by atoms with E-state index >= 15 is 0 Å². The van der Waals surface area contributed by atoms with E-state index in [1.807, 2.05) is 193 Å². The minimum absolute atomic E-state index is 0.0924. The van der Waals surface area contributed by atoms with Gasteiger partial charge in [-0.2, -0.15) is 0 Å². The molecule has 12 atom stereocenters. The van der Waals surface area contributed by atoms with Crippen molar-refractivity contribution in [2.75, 3.05) is 21.3 Å². The maximum Gasteiger partial charge on any atom is 0.256 e. The minimum Gasteiger partial charge on any atom is -0.322 e. The lowest BCUT2D eigenvalue weighted by Gasteiger charge is -2.38. The molecule has 3 saturated heterocycles. The molecule has 8 aromatic rings. The summed E-state index contributed by atoms with van der Waals surface area (Å²) in [5.74, 6) is -1.52. The summed E-state index contributed by atoms with van der Waals surface area (Å²) in [5.41, 5.74) is 9.23. The Hall–Kier alpha value is -9.32. The summed E-state index contributed by atoms with van der Waals surface area (Å²) in [4.78, 5) is 57.1. The van der Waals surface area contributed by atoms with Crippen LogP contribution in [0.25, 0.3) is 0 Å². The molecule has 0 radical (unpaired) electrons. The highest BCUT2D eigenvalue weighted by Crippen LogP contribution is 2.47. The number of anilines is 4. The fraction of sp³-hybridized carbons (Fsp3) is 0.278. The molecule has 0 spiro atoms. The number of aromatic nitrogens is 4. The number of hydrogen-bond acceptors (Lipinski definition) is 8. The van der Waals surface area contributed by atoms with E-state index in [2.05, 4.69) is 115 Å². The van der Waals surface area contributed by atoms with Gasteiger partial charge in [0.15, 0.2) is 49.6 Å². The van der Waals surface area contributed by atoms with Gasteiger partial charge in [-0.25, -0.2) is 18.3 Å². The maximum absolute atomic E-state index is 14.3. The summed E-state index contributed by atoms with van der Waals surface area (Å²) in [7, 11) is 7.74. The van der Waals surface area contributed by atoms with Gasteiger partial charge in [0, 0.05) is 143 Å². The number of hydrogen-bond donors (Lipinski definition) is 8. The topological polar surface area (TPSA) is 180 Å². The van der Waals surface area contributed by atoms with Gasteiger partial charge in [0.05, 0.1) is 22.3 Å². The average Bonchev–Trinajstić information content (AvgIpc) is 3.84. The third kappa shape index (κ3) is 12.1. The first kappa shape index (κ1) is 57.7. The van der Waals surface area contributed by atoms with Gasteiger partial charge in [0.25, 0.3) is 23.6 Å². The number of pyridine rings is 4. The van der Waals surface area contributed by atoms with E-state index in [1.165, 1.54) is 0 Å². The Morgan fingerprint density at radius 3 is 0.727 bits per heavy atom. The van der Waals surface area contributed by atoms with Crippen LogP contribution in [0.2, 0.25) is 0 Å². The minimum atomic E-state index is -0.212. The monoisotopic (exact) mass is 1170 g/mol. The molecule has 13 rings (SSSR count). The Morgan fingerprint density at radius 2 is 0.511 bits per heavy atom. The molecule has 16 heteroatoms. The Morgan fingerprint density at radius 1 is 0.307 bits per heavy atom. The van der Waals surface area contributed by atoms with E-state index in [4.69, 9.17) is 0 Å². The van der Waals surface area contributed by atoms with Crippen LogP contribution in [0.3, 0.4) is 0 Å². The molecule has 4 aromatic heterocycles. The lowest BCUT2D eigenvalue weighted by Crippen LogP contribution is -2.52. The van der Waals surface area contributed by atoms with Crippen LogP contribution in [0.5, 0.6) is 0 Å². The number of para-hydroxylation sites is 4. The van der Waals surface area contributed by atoms with Gasteiger partial charge in [0.1, 0.15) is 28.2 Å². The fourth-order valence-corrected chi connectivity index (χ4v) is 14.4. The van der Waals surface area contributed by atoms with E-state index in [9.17, 15) is 19.2 Å². The van der Waals surface area contributed by atoms with Crippen LogP contribution in [0.1, 0.15) is 113 Å². The van der Waals surface area contributed by atoms with E-state index in [0.29, 0.717) is 22.3 Å². The van der Waals surface area contributed by atoms with Crippen molar-refractivity contribution in [1.82, 2.24) is 21.3 Å². The third-order valence-corrected chi connectivity index (χ3v) is 18.8. The van der Waals surface area contributed by atoms with Gasteiger partial charge in [-0.15, -0.1) is 0 Å². The molecule has 5 aliphatic heterocycles. The fourth-order valence-electron chi connectivity index (χ4n) is 14.4. The second-order valence-corrected chi connectivity index (χ2v) is 24.4. The maximum atomic E-state index is 14.3. The first-order chi connectivity index (χ1) is 42.9. The number of benzene rings is 4. The molecule has 0 aliphatic carbocycles. The van der Waals surface area contributed by atoms with Crippen LogP contribution in [0.15, 0.2) is 219 Å². The van der Waals surface area contributed by atoms with Gasteiger partial charge in [-0.1, -0.05) is 97.1 Å². The number of carbonyl (C=O) groups excluding carboxylic acids is 4. The Balaban J connectivity index is 0.934. The normalized spacial score (nSPS) is 25.2. The molecule has 5 aliphatic rings. The molecule has 0 saturated carbocycles. The number of rotatable bonds is 12. The number of nitrogens with zero attached hydrogens (tertiary/aromatic N) is 4. The Labute approximate surface area is 513 Å². The summed E-state index contributed by atoms with van der Waals surface area (Å²) in [6, 6.07) is 46.4. The highest BCUT2D eigenvalue weighted by molar-refractivity contribution is 6.06. The van der Waals surface area contributed by atoms with Gasteiger partial charge in [-0.3, -0.25) is 19.2 Å². The highest BCUT2D eigenvalue weighted by Gasteiger charge is 2.49.